The van der Waals surface area contributed by atoms with Crippen LogP contribution in [0.1, 0.15) is 6.92 Å². The van der Waals surface area contributed by atoms with Gasteiger partial charge in [-0.05, 0) is 12.1 Å². The van der Waals surface area contributed by atoms with Gasteiger partial charge in [-0.1, -0.05) is 28.1 Å². The summed E-state index contributed by atoms with van der Waals surface area (Å²) in [4.78, 5) is 0. The summed E-state index contributed by atoms with van der Waals surface area (Å²) < 4.78 is 22.1. The third-order valence-electron chi connectivity index (χ3n) is 2.45. The van der Waals surface area contributed by atoms with Crippen molar-refractivity contribution in [2.75, 3.05) is 19.0 Å². The summed E-state index contributed by atoms with van der Waals surface area (Å²) in [6.45, 7) is 2.26. The van der Waals surface area contributed by atoms with Crippen molar-refractivity contribution >= 4 is 15.9 Å². The molecule has 0 spiro atoms. The van der Waals surface area contributed by atoms with Gasteiger partial charge in [0.05, 0.1) is 19.8 Å². The van der Waals surface area contributed by atoms with Crippen molar-refractivity contribution in [1.29, 1.82) is 0 Å². The van der Waals surface area contributed by atoms with E-state index in [1.807, 2.05) is 24.3 Å². The normalized spacial score (nSPS) is 28.1. The van der Waals surface area contributed by atoms with Crippen LogP contribution in [-0.4, -0.2) is 31.1 Å². The van der Waals surface area contributed by atoms with Crippen LogP contribution < -0.4 is 9.47 Å². The van der Waals surface area contributed by atoms with Gasteiger partial charge < -0.3 is 18.9 Å². The molecule has 1 heterocycles. The average molecular weight is 303 g/mol. The van der Waals surface area contributed by atoms with Gasteiger partial charge in [0.25, 0.3) is 0 Å². The molecule has 4 nitrogen and oxygen atoms in total. The topological polar surface area (TPSA) is 36.9 Å². The molecule has 2 rings (SSSR count). The molecule has 94 valence electrons. The van der Waals surface area contributed by atoms with Crippen molar-refractivity contribution in [1.82, 2.24) is 0 Å². The Bertz CT molecular complexity index is 385. The molecule has 1 saturated heterocycles. The molecule has 0 saturated carbocycles. The summed E-state index contributed by atoms with van der Waals surface area (Å²) in [6.07, 6.45) is 0.00899. The highest BCUT2D eigenvalue weighted by molar-refractivity contribution is 9.09. The van der Waals surface area contributed by atoms with Crippen molar-refractivity contribution in [2.45, 2.75) is 19.0 Å². The van der Waals surface area contributed by atoms with Crippen LogP contribution in [0.5, 0.6) is 11.5 Å². The molecule has 0 radical (unpaired) electrons. The SMILES string of the molecule is COc1ccccc1OC1(C)OCC(CBr)O1. The first kappa shape index (κ1) is 12.7. The van der Waals surface area contributed by atoms with E-state index in [2.05, 4.69) is 15.9 Å². The van der Waals surface area contributed by atoms with E-state index < -0.39 is 5.97 Å². The zero-order valence-corrected chi connectivity index (χ0v) is 11.4. The number of halogens is 1. The smallest absolute Gasteiger partial charge is 0.324 e. The van der Waals surface area contributed by atoms with E-state index in [1.165, 1.54) is 0 Å². The molecule has 1 aliphatic heterocycles. The summed E-state index contributed by atoms with van der Waals surface area (Å²) in [5.74, 6) is 0.212. The van der Waals surface area contributed by atoms with Crippen LogP contribution in [0, 0.1) is 0 Å². The zero-order chi connectivity index (χ0) is 12.3. The van der Waals surface area contributed by atoms with Crippen LogP contribution in [0.2, 0.25) is 0 Å². The second kappa shape index (κ2) is 5.25. The lowest BCUT2D eigenvalue weighted by atomic mass is 10.3. The predicted molar refractivity (Wildman–Crippen MR) is 66.6 cm³/mol. The molecule has 1 aromatic rings. The Hall–Kier alpha value is -0.780. The molecule has 1 aromatic carbocycles. The molecule has 2 unspecified atom stereocenters. The van der Waals surface area contributed by atoms with Gasteiger partial charge in [0.15, 0.2) is 11.5 Å². The Morgan fingerprint density at radius 3 is 2.71 bits per heavy atom. The minimum Gasteiger partial charge on any atom is -0.493 e. The summed E-state index contributed by atoms with van der Waals surface area (Å²) in [6, 6.07) is 7.40. The van der Waals surface area contributed by atoms with Gasteiger partial charge in [-0.25, -0.2) is 0 Å². The molecular formula is C12H15BrO4. The molecule has 0 aromatic heterocycles. The summed E-state index contributed by atoms with van der Waals surface area (Å²) in [5, 5.41) is 0.720. The number of ether oxygens (including phenoxy) is 4. The fourth-order valence-corrected chi connectivity index (χ4v) is 1.97. The minimum atomic E-state index is -1.05. The molecule has 1 fully saturated rings. The molecule has 17 heavy (non-hydrogen) atoms. The highest BCUT2D eigenvalue weighted by Gasteiger charge is 2.39. The maximum absolute atomic E-state index is 5.73. The van der Waals surface area contributed by atoms with Crippen molar-refractivity contribution in [3.05, 3.63) is 24.3 Å². The highest BCUT2D eigenvalue weighted by Crippen LogP contribution is 2.33. The lowest BCUT2D eigenvalue weighted by molar-refractivity contribution is -0.278. The fourth-order valence-electron chi connectivity index (χ4n) is 1.65. The standard InChI is InChI=1S/C12H15BrO4/c1-12(15-8-9(7-13)16-12)17-11-6-4-3-5-10(11)14-2/h3-6,9H,7-8H2,1-2H3. The zero-order valence-electron chi connectivity index (χ0n) is 9.81. The van der Waals surface area contributed by atoms with Crippen LogP contribution >= 0.6 is 15.9 Å². The first-order valence-corrected chi connectivity index (χ1v) is 6.49. The Morgan fingerprint density at radius 1 is 1.41 bits per heavy atom. The van der Waals surface area contributed by atoms with Crippen molar-refractivity contribution in [2.24, 2.45) is 0 Å². The predicted octanol–water partition coefficient (Wildman–Crippen LogP) is 2.56. The molecule has 2 atom stereocenters. The van der Waals surface area contributed by atoms with Gasteiger partial charge in [0, 0.05) is 12.3 Å². The van der Waals surface area contributed by atoms with Gasteiger partial charge in [-0.3, -0.25) is 0 Å². The average Bonchev–Trinajstić information content (AvgIpc) is 2.72. The molecule has 0 bridgehead atoms. The summed E-state index contributed by atoms with van der Waals surface area (Å²) >= 11 is 3.36. The Morgan fingerprint density at radius 2 is 2.12 bits per heavy atom. The molecule has 0 N–H and O–H groups in total. The molecule has 1 aliphatic rings. The lowest BCUT2D eigenvalue weighted by Gasteiger charge is -2.24. The number of rotatable bonds is 4. The van der Waals surface area contributed by atoms with Crippen LogP contribution in [0.4, 0.5) is 0 Å². The van der Waals surface area contributed by atoms with Gasteiger partial charge in [-0.15, -0.1) is 0 Å². The first-order chi connectivity index (χ1) is 8.17. The van der Waals surface area contributed by atoms with Crippen LogP contribution in [0.25, 0.3) is 0 Å². The quantitative estimate of drug-likeness (QED) is 0.801. The number of benzene rings is 1. The molecule has 0 aliphatic carbocycles. The number of alkyl halides is 1. The van der Waals surface area contributed by atoms with Gasteiger partial charge in [0.2, 0.25) is 0 Å². The second-order valence-electron chi connectivity index (χ2n) is 3.82. The monoisotopic (exact) mass is 302 g/mol. The van der Waals surface area contributed by atoms with E-state index in [9.17, 15) is 0 Å². The van der Waals surface area contributed by atoms with Crippen LogP contribution in [-0.2, 0) is 9.47 Å². The third kappa shape index (κ3) is 2.91. The van der Waals surface area contributed by atoms with Crippen LogP contribution in [0.15, 0.2) is 24.3 Å². The van der Waals surface area contributed by atoms with E-state index in [4.69, 9.17) is 18.9 Å². The van der Waals surface area contributed by atoms with Crippen molar-refractivity contribution < 1.29 is 18.9 Å². The van der Waals surface area contributed by atoms with E-state index >= 15 is 0 Å². The van der Waals surface area contributed by atoms with Crippen molar-refractivity contribution in [3.63, 3.8) is 0 Å². The maximum Gasteiger partial charge on any atom is 0.324 e. The molecule has 0 amide bonds. The summed E-state index contributed by atoms with van der Waals surface area (Å²) in [7, 11) is 1.60. The number of methoxy groups -OCH3 is 1. The molecular weight excluding hydrogens is 288 g/mol. The van der Waals surface area contributed by atoms with Crippen LogP contribution in [0.3, 0.4) is 0 Å². The van der Waals surface area contributed by atoms with Crippen molar-refractivity contribution in [3.8, 4) is 11.5 Å². The highest BCUT2D eigenvalue weighted by atomic mass is 79.9. The first-order valence-electron chi connectivity index (χ1n) is 5.36. The van der Waals surface area contributed by atoms with E-state index in [1.54, 1.807) is 14.0 Å². The largest absolute Gasteiger partial charge is 0.493 e. The molecule has 5 heteroatoms. The lowest BCUT2D eigenvalue weighted by Crippen LogP contribution is -2.34. The Kier molecular flexibility index (Phi) is 3.91. The van der Waals surface area contributed by atoms with Gasteiger partial charge >= 0.3 is 5.97 Å². The van der Waals surface area contributed by atoms with Gasteiger partial charge in [-0.2, -0.15) is 0 Å². The van der Waals surface area contributed by atoms with E-state index in [0.29, 0.717) is 18.1 Å². The Labute approximate surface area is 109 Å². The van der Waals surface area contributed by atoms with E-state index in [-0.39, 0.29) is 6.10 Å². The number of hydrogen-bond acceptors (Lipinski definition) is 4. The minimum absolute atomic E-state index is 0.00899. The van der Waals surface area contributed by atoms with Gasteiger partial charge in [0.1, 0.15) is 0 Å². The maximum atomic E-state index is 5.73. The summed E-state index contributed by atoms with van der Waals surface area (Å²) in [5.41, 5.74) is 0. The third-order valence-corrected chi connectivity index (χ3v) is 3.17. The number of hydrogen-bond donors (Lipinski definition) is 0. The second-order valence-corrected chi connectivity index (χ2v) is 4.47. The number of para-hydroxylation sites is 2. The Balaban J connectivity index is 2.10. The fraction of sp³-hybridized carbons (Fsp3) is 0.500. The van der Waals surface area contributed by atoms with E-state index in [0.717, 1.165) is 5.33 Å².